The number of carboxylic acids is 1. The van der Waals surface area contributed by atoms with Gasteiger partial charge in [-0.2, -0.15) is 0 Å². The molecule has 0 saturated carbocycles. The minimum absolute atomic E-state index is 0.0103. The van der Waals surface area contributed by atoms with Gasteiger partial charge in [-0.05, 0) is 63.6 Å². The second-order valence-electron chi connectivity index (χ2n) is 14.5. The Balaban J connectivity index is 1.71. The number of hydrogen-bond acceptors (Lipinski definition) is 8. The van der Waals surface area contributed by atoms with Crippen LogP contribution in [0.2, 0.25) is 0 Å². The van der Waals surface area contributed by atoms with Crippen LogP contribution in [0.25, 0.3) is 0 Å². The molecule has 0 saturated heterocycles. The number of anilines is 2. The number of carbonyl (C=O) groups is 3. The molecule has 0 fully saturated rings. The Morgan fingerprint density at radius 1 is 0.981 bits per heavy atom. The summed E-state index contributed by atoms with van der Waals surface area (Å²) in [5.74, 6) is -2.12. The van der Waals surface area contributed by atoms with Gasteiger partial charge in [0.2, 0.25) is 0 Å². The lowest BCUT2D eigenvalue weighted by atomic mass is 9.79. The number of amides is 2. The molecule has 0 radical (unpaired) electrons. The molecule has 282 valence electrons. The molecule has 1 atom stereocenters. The maximum atomic E-state index is 14.4. The molecule has 12 heteroatoms. The topological polar surface area (TPSA) is 133 Å². The summed E-state index contributed by atoms with van der Waals surface area (Å²) in [5.41, 5.74) is 0.667. The van der Waals surface area contributed by atoms with Gasteiger partial charge in [0.1, 0.15) is 18.3 Å². The fourth-order valence-corrected chi connectivity index (χ4v) is 9.46. The summed E-state index contributed by atoms with van der Waals surface area (Å²) in [6.07, 6.45) is 7.23. The lowest BCUT2D eigenvalue weighted by Gasteiger charge is -2.37. The van der Waals surface area contributed by atoms with Crippen molar-refractivity contribution in [2.24, 2.45) is 5.41 Å². The van der Waals surface area contributed by atoms with Crippen LogP contribution in [0, 0.1) is 5.41 Å². The molecule has 52 heavy (non-hydrogen) atoms. The molecule has 0 bridgehead atoms. The number of aliphatic carboxylic acids is 1. The number of carbonyl (C=O) groups excluding carboxylic acids is 2. The Labute approximate surface area is 313 Å². The van der Waals surface area contributed by atoms with Crippen molar-refractivity contribution in [2.75, 3.05) is 36.6 Å². The van der Waals surface area contributed by atoms with Gasteiger partial charge in [0.25, 0.3) is 11.8 Å². The molecule has 1 heterocycles. The Morgan fingerprint density at radius 3 is 2.12 bits per heavy atom. The van der Waals surface area contributed by atoms with Crippen molar-refractivity contribution in [3.63, 3.8) is 0 Å². The number of para-hydroxylation sites is 1. The number of benzene rings is 3. The monoisotopic (exact) mass is 751 g/mol. The Bertz CT molecular complexity index is 1790. The molecule has 0 aliphatic carbocycles. The fraction of sp³-hybridized carbons (Fsp3) is 0.475. The molecule has 0 spiro atoms. The van der Waals surface area contributed by atoms with Crippen molar-refractivity contribution in [1.29, 1.82) is 0 Å². The van der Waals surface area contributed by atoms with Gasteiger partial charge in [-0.3, -0.25) is 14.4 Å². The molecule has 10 nitrogen and oxygen atoms in total. The van der Waals surface area contributed by atoms with Crippen LogP contribution in [0.1, 0.15) is 84.7 Å². The molecular weight excluding hydrogens is 699 g/mol. The second-order valence-corrected chi connectivity index (χ2v) is 17.4. The van der Waals surface area contributed by atoms with Gasteiger partial charge in [0.15, 0.2) is 16.4 Å². The molecule has 3 aromatic rings. The molecule has 4 rings (SSSR count). The van der Waals surface area contributed by atoms with E-state index in [1.54, 1.807) is 57.2 Å². The Morgan fingerprint density at radius 2 is 1.58 bits per heavy atom. The average Bonchev–Trinajstić information content (AvgIpc) is 3.21. The van der Waals surface area contributed by atoms with Crippen LogP contribution in [-0.2, 0) is 24.2 Å². The normalized spacial score (nSPS) is 15.5. The van der Waals surface area contributed by atoms with Crippen LogP contribution in [0.4, 0.5) is 11.4 Å². The highest BCUT2D eigenvalue weighted by molar-refractivity contribution is 7.98. The average molecular weight is 752 g/mol. The summed E-state index contributed by atoms with van der Waals surface area (Å²) in [7, 11) is -3.80. The van der Waals surface area contributed by atoms with E-state index < -0.39 is 57.8 Å². The number of carboxylic acid groups (broad SMARTS) is 1. The van der Waals surface area contributed by atoms with E-state index in [2.05, 4.69) is 24.1 Å². The van der Waals surface area contributed by atoms with Crippen molar-refractivity contribution in [3.05, 3.63) is 78.4 Å². The predicted molar refractivity (Wildman–Crippen MR) is 207 cm³/mol. The van der Waals surface area contributed by atoms with Gasteiger partial charge in [-0.1, -0.05) is 88.1 Å². The maximum Gasteiger partial charge on any atom is 0.323 e. The van der Waals surface area contributed by atoms with E-state index in [0.29, 0.717) is 22.7 Å². The number of ether oxygens (including phenoxy) is 1. The van der Waals surface area contributed by atoms with E-state index >= 15 is 0 Å². The zero-order chi connectivity index (χ0) is 38.1. The predicted octanol–water partition coefficient (Wildman–Crippen LogP) is 7.65. The minimum Gasteiger partial charge on any atom is -0.483 e. The first kappa shape index (κ1) is 40.7. The molecule has 2 amide bonds. The van der Waals surface area contributed by atoms with Crippen molar-refractivity contribution < 1.29 is 32.6 Å². The number of thioether (sulfide) groups is 1. The largest absolute Gasteiger partial charge is 0.483 e. The number of sulfone groups is 1. The number of rotatable bonds is 16. The molecule has 0 aromatic heterocycles. The second kappa shape index (κ2) is 17.7. The van der Waals surface area contributed by atoms with Crippen LogP contribution in [0.15, 0.2) is 82.6 Å². The van der Waals surface area contributed by atoms with E-state index in [4.69, 9.17) is 4.74 Å². The van der Waals surface area contributed by atoms with Gasteiger partial charge in [0.05, 0.1) is 21.2 Å². The van der Waals surface area contributed by atoms with Gasteiger partial charge in [-0.25, -0.2) is 8.42 Å². The molecule has 1 aliphatic heterocycles. The first-order valence-corrected chi connectivity index (χ1v) is 20.8. The third kappa shape index (κ3) is 10.1. The van der Waals surface area contributed by atoms with E-state index in [1.807, 2.05) is 42.7 Å². The summed E-state index contributed by atoms with van der Waals surface area (Å²) in [4.78, 5) is 43.3. The molecule has 1 aliphatic rings. The molecule has 3 aromatic carbocycles. The van der Waals surface area contributed by atoms with E-state index in [1.165, 1.54) is 16.7 Å². The van der Waals surface area contributed by atoms with Crippen molar-refractivity contribution in [1.82, 2.24) is 10.2 Å². The zero-order valence-corrected chi connectivity index (χ0v) is 32.8. The summed E-state index contributed by atoms with van der Waals surface area (Å²) in [6.45, 7) is 8.95. The Hall–Kier alpha value is -4.03. The quantitative estimate of drug-likeness (QED) is 0.142. The number of unbranched alkanes of at least 4 members (excludes halogenated alkanes) is 2. The first-order chi connectivity index (χ1) is 24.6. The molecule has 2 N–H and O–H groups in total. The van der Waals surface area contributed by atoms with Crippen LogP contribution in [0.5, 0.6) is 5.75 Å². The lowest BCUT2D eigenvalue weighted by molar-refractivity contribution is -0.150. The van der Waals surface area contributed by atoms with E-state index in [-0.39, 0.29) is 16.4 Å². The van der Waals surface area contributed by atoms with Crippen molar-refractivity contribution in [3.8, 4) is 5.75 Å². The van der Waals surface area contributed by atoms with Gasteiger partial charge >= 0.3 is 5.97 Å². The highest BCUT2D eigenvalue weighted by atomic mass is 32.2. The number of fused-ring (bicyclic) bond motifs is 1. The van der Waals surface area contributed by atoms with Crippen molar-refractivity contribution >= 4 is 50.8 Å². The van der Waals surface area contributed by atoms with Crippen LogP contribution in [-0.4, -0.2) is 73.5 Å². The first-order valence-electron chi connectivity index (χ1n) is 17.9. The third-order valence-corrected chi connectivity index (χ3v) is 12.2. The van der Waals surface area contributed by atoms with E-state index in [0.717, 1.165) is 44.2 Å². The van der Waals surface area contributed by atoms with Crippen molar-refractivity contribution in [2.45, 2.75) is 94.5 Å². The zero-order valence-electron chi connectivity index (χ0n) is 31.2. The highest BCUT2D eigenvalue weighted by Gasteiger charge is 2.43. The third-order valence-electron chi connectivity index (χ3n) is 9.46. The molecule has 0 unspecified atom stereocenters. The number of nitrogens with one attached hydrogen (secondary N) is 1. The summed E-state index contributed by atoms with van der Waals surface area (Å²) >= 11 is 1.39. The Kier molecular flexibility index (Phi) is 13.8. The smallest absolute Gasteiger partial charge is 0.323 e. The van der Waals surface area contributed by atoms with Crippen LogP contribution in [0.3, 0.4) is 0 Å². The fourth-order valence-electron chi connectivity index (χ4n) is 6.80. The number of hydrogen-bond donors (Lipinski definition) is 2. The van der Waals surface area contributed by atoms with Gasteiger partial charge < -0.3 is 25.0 Å². The minimum atomic E-state index is -3.80. The van der Waals surface area contributed by atoms with Gasteiger partial charge in [-0.15, -0.1) is 11.8 Å². The summed E-state index contributed by atoms with van der Waals surface area (Å²) < 4.78 is 35.0. The molecular formula is C40H53N3O7S2. The van der Waals surface area contributed by atoms with Gasteiger partial charge in [0, 0.05) is 29.3 Å². The standard InChI is InChI=1S/C40H53N3O7S2/c1-7-9-21-40(22-10-8-2)27-42(30-19-15-12-16-20-30)31-23-33(51-6)32(24-34(31)52(48,49)28-40)50-26-35(44)41-37(29-17-13-11-14-18-29)38(47)43(25-36(45)46)39(3,4)5/h11-20,23-24,37H,7-10,21-22,25-28H2,1-6H3,(H,41,44)(H,45,46)/t37-/m1/s1. The summed E-state index contributed by atoms with van der Waals surface area (Å²) in [5, 5.41) is 12.3. The summed E-state index contributed by atoms with van der Waals surface area (Å²) in [6, 6.07) is 20.7. The highest BCUT2D eigenvalue weighted by Crippen LogP contribution is 2.47. The SMILES string of the molecule is CCCCC1(CCCC)CN(c2ccccc2)c2cc(SC)c(OCC(=O)N[C@@H](C(=O)N(CC(=O)O)C(C)(C)C)c3ccccc3)cc2S(=O)(=O)C1. The van der Waals surface area contributed by atoms with Crippen LogP contribution < -0.4 is 15.0 Å². The number of nitrogens with zero attached hydrogens (tertiary/aromatic N) is 2. The van der Waals surface area contributed by atoms with Crippen LogP contribution >= 0.6 is 11.8 Å². The maximum absolute atomic E-state index is 14.4. The van der Waals surface area contributed by atoms with E-state index in [9.17, 15) is 27.9 Å². The lowest BCUT2D eigenvalue weighted by Crippen LogP contribution is -2.53.